The zero-order chi connectivity index (χ0) is 19.9. The maximum atomic E-state index is 12.4. The minimum Gasteiger partial charge on any atom is -0.493 e. The van der Waals surface area contributed by atoms with Crippen LogP contribution < -0.4 is 14.8 Å². The van der Waals surface area contributed by atoms with E-state index in [-0.39, 0.29) is 5.91 Å². The van der Waals surface area contributed by atoms with Gasteiger partial charge in [-0.05, 0) is 63.0 Å². The first-order valence-electron chi connectivity index (χ1n) is 9.79. The third-order valence-electron chi connectivity index (χ3n) is 5.18. The van der Waals surface area contributed by atoms with Gasteiger partial charge >= 0.3 is 0 Å². The van der Waals surface area contributed by atoms with E-state index in [0.717, 1.165) is 29.5 Å². The highest BCUT2D eigenvalue weighted by atomic mass is 32.1. The summed E-state index contributed by atoms with van der Waals surface area (Å²) < 4.78 is 10.6. The van der Waals surface area contributed by atoms with Crippen LogP contribution in [0.15, 0.2) is 23.6 Å². The van der Waals surface area contributed by atoms with Crippen LogP contribution in [-0.4, -0.2) is 56.2 Å². The zero-order valence-corrected chi connectivity index (χ0v) is 17.7. The van der Waals surface area contributed by atoms with E-state index in [4.69, 9.17) is 9.47 Å². The first-order chi connectivity index (χ1) is 13.6. The molecule has 1 aliphatic heterocycles. The fourth-order valence-corrected chi connectivity index (χ4v) is 4.16. The summed E-state index contributed by atoms with van der Waals surface area (Å²) in [6, 6.07) is 5.64. The van der Waals surface area contributed by atoms with Crippen LogP contribution in [-0.2, 0) is 0 Å². The highest BCUT2D eigenvalue weighted by Crippen LogP contribution is 2.33. The Labute approximate surface area is 170 Å². The normalized spacial score (nSPS) is 15.4. The van der Waals surface area contributed by atoms with Crippen molar-refractivity contribution in [3.8, 4) is 22.1 Å². The molecule has 1 N–H and O–H groups in total. The minimum absolute atomic E-state index is 0.116. The molecule has 2 aromatic rings. The van der Waals surface area contributed by atoms with Gasteiger partial charge < -0.3 is 19.7 Å². The number of ether oxygens (including phenoxy) is 2. The van der Waals surface area contributed by atoms with Crippen molar-refractivity contribution in [2.45, 2.75) is 26.2 Å². The number of piperidine rings is 1. The van der Waals surface area contributed by atoms with Crippen LogP contribution in [0.2, 0.25) is 0 Å². The number of carbonyl (C=O) groups excluding carboxylic acids is 1. The van der Waals surface area contributed by atoms with Crippen LogP contribution >= 0.6 is 11.3 Å². The van der Waals surface area contributed by atoms with Crippen molar-refractivity contribution >= 4 is 17.2 Å². The molecular weight excluding hydrogens is 374 g/mol. The monoisotopic (exact) mass is 403 g/mol. The Bertz CT molecular complexity index is 785. The van der Waals surface area contributed by atoms with Gasteiger partial charge in [-0.3, -0.25) is 4.79 Å². The molecule has 3 rings (SSSR count). The molecule has 0 spiro atoms. The Balaban J connectivity index is 1.50. The van der Waals surface area contributed by atoms with Crippen molar-refractivity contribution in [3.05, 3.63) is 29.3 Å². The Kier molecular flexibility index (Phi) is 7.28. The van der Waals surface area contributed by atoms with E-state index >= 15 is 0 Å². The molecule has 1 aromatic carbocycles. The van der Waals surface area contributed by atoms with Gasteiger partial charge in [-0.2, -0.15) is 0 Å². The largest absolute Gasteiger partial charge is 0.493 e. The summed E-state index contributed by atoms with van der Waals surface area (Å²) in [5.74, 6) is 2.05. The Morgan fingerprint density at radius 1 is 1.25 bits per heavy atom. The van der Waals surface area contributed by atoms with Crippen LogP contribution in [0.3, 0.4) is 0 Å². The summed E-state index contributed by atoms with van der Waals surface area (Å²) in [7, 11) is 3.21. The molecule has 6 nitrogen and oxygen atoms in total. The molecule has 7 heteroatoms. The second-order valence-electron chi connectivity index (χ2n) is 7.24. The molecular formula is C21H29N3O3S. The molecule has 0 atom stereocenters. The lowest BCUT2D eigenvalue weighted by Crippen LogP contribution is -2.35. The van der Waals surface area contributed by atoms with E-state index in [0.29, 0.717) is 23.7 Å². The molecule has 0 bridgehead atoms. The fourth-order valence-electron chi connectivity index (χ4n) is 3.36. The van der Waals surface area contributed by atoms with Gasteiger partial charge in [0, 0.05) is 17.5 Å². The van der Waals surface area contributed by atoms with Crippen LogP contribution in [0.1, 0.15) is 36.7 Å². The molecule has 1 aromatic heterocycles. The van der Waals surface area contributed by atoms with Gasteiger partial charge in [-0.1, -0.05) is 6.92 Å². The van der Waals surface area contributed by atoms with Crippen molar-refractivity contribution in [2.24, 2.45) is 5.92 Å². The van der Waals surface area contributed by atoms with Crippen LogP contribution in [0.25, 0.3) is 10.6 Å². The SMILES string of the molecule is COc1ccc(-c2nc(C(=O)NCCCN3CCC(C)CC3)cs2)cc1OC. The van der Waals surface area contributed by atoms with Crippen molar-refractivity contribution in [3.63, 3.8) is 0 Å². The molecule has 1 aliphatic rings. The molecule has 1 saturated heterocycles. The molecule has 2 heterocycles. The van der Waals surface area contributed by atoms with E-state index in [1.165, 1.54) is 37.3 Å². The van der Waals surface area contributed by atoms with Gasteiger partial charge in [0.25, 0.3) is 5.91 Å². The third-order valence-corrected chi connectivity index (χ3v) is 6.07. The third kappa shape index (κ3) is 5.23. The van der Waals surface area contributed by atoms with E-state index in [9.17, 15) is 4.79 Å². The second kappa shape index (κ2) is 9.89. The lowest BCUT2D eigenvalue weighted by molar-refractivity contribution is 0.0946. The number of rotatable bonds is 8. The second-order valence-corrected chi connectivity index (χ2v) is 8.10. The summed E-state index contributed by atoms with van der Waals surface area (Å²) >= 11 is 1.45. The van der Waals surface area contributed by atoms with Crippen molar-refractivity contribution in [1.82, 2.24) is 15.2 Å². The molecule has 1 fully saturated rings. The maximum Gasteiger partial charge on any atom is 0.270 e. The number of thiazole rings is 1. The number of hydrogen-bond acceptors (Lipinski definition) is 6. The van der Waals surface area contributed by atoms with E-state index in [1.807, 2.05) is 18.2 Å². The lowest BCUT2D eigenvalue weighted by Gasteiger charge is -2.30. The first-order valence-corrected chi connectivity index (χ1v) is 10.7. The van der Waals surface area contributed by atoms with E-state index < -0.39 is 0 Å². The number of carbonyl (C=O) groups is 1. The maximum absolute atomic E-state index is 12.4. The summed E-state index contributed by atoms with van der Waals surface area (Å²) in [6.45, 7) is 6.39. The van der Waals surface area contributed by atoms with Crippen LogP contribution in [0.4, 0.5) is 0 Å². The van der Waals surface area contributed by atoms with Crippen LogP contribution in [0.5, 0.6) is 11.5 Å². The van der Waals surface area contributed by atoms with Gasteiger partial charge in [-0.25, -0.2) is 4.98 Å². The molecule has 1 amide bonds. The lowest BCUT2D eigenvalue weighted by atomic mass is 9.99. The highest BCUT2D eigenvalue weighted by Gasteiger charge is 2.16. The Hall–Kier alpha value is -2.12. The van der Waals surface area contributed by atoms with E-state index in [1.54, 1.807) is 19.6 Å². The minimum atomic E-state index is -0.116. The van der Waals surface area contributed by atoms with Gasteiger partial charge in [-0.15, -0.1) is 11.3 Å². The number of likely N-dealkylation sites (tertiary alicyclic amines) is 1. The van der Waals surface area contributed by atoms with E-state index in [2.05, 4.69) is 22.1 Å². The number of nitrogens with zero attached hydrogens (tertiary/aromatic N) is 2. The smallest absolute Gasteiger partial charge is 0.270 e. The molecule has 28 heavy (non-hydrogen) atoms. The van der Waals surface area contributed by atoms with Crippen molar-refractivity contribution in [1.29, 1.82) is 0 Å². The number of aromatic nitrogens is 1. The van der Waals surface area contributed by atoms with Crippen LogP contribution in [0, 0.1) is 5.92 Å². The fraction of sp³-hybridized carbons (Fsp3) is 0.524. The highest BCUT2D eigenvalue weighted by molar-refractivity contribution is 7.13. The summed E-state index contributed by atoms with van der Waals surface area (Å²) in [6.07, 6.45) is 3.53. The standard InChI is InChI=1S/C21H29N3O3S/c1-15-7-11-24(12-8-15)10-4-9-22-20(25)17-14-28-21(23-17)16-5-6-18(26-2)19(13-16)27-3/h5-6,13-15H,4,7-12H2,1-3H3,(H,22,25). The number of benzene rings is 1. The molecule has 0 aliphatic carbocycles. The van der Waals surface area contributed by atoms with Gasteiger partial charge in [0.1, 0.15) is 10.7 Å². The van der Waals surface area contributed by atoms with Gasteiger partial charge in [0.05, 0.1) is 14.2 Å². The Morgan fingerprint density at radius 2 is 2.00 bits per heavy atom. The molecule has 0 unspecified atom stereocenters. The number of amides is 1. The number of hydrogen-bond donors (Lipinski definition) is 1. The van der Waals surface area contributed by atoms with Gasteiger partial charge in [0.2, 0.25) is 0 Å². The number of methoxy groups -OCH3 is 2. The average molecular weight is 404 g/mol. The van der Waals surface area contributed by atoms with Crippen molar-refractivity contribution in [2.75, 3.05) is 40.4 Å². The Morgan fingerprint density at radius 3 is 2.71 bits per heavy atom. The quantitative estimate of drug-likeness (QED) is 0.681. The summed E-state index contributed by atoms with van der Waals surface area (Å²) in [5, 5.41) is 5.57. The van der Waals surface area contributed by atoms with Crippen molar-refractivity contribution < 1.29 is 14.3 Å². The zero-order valence-electron chi connectivity index (χ0n) is 16.9. The predicted octanol–water partition coefficient (Wildman–Crippen LogP) is 3.68. The summed E-state index contributed by atoms with van der Waals surface area (Å²) in [4.78, 5) is 19.4. The molecule has 0 saturated carbocycles. The molecule has 152 valence electrons. The molecule has 0 radical (unpaired) electrons. The number of nitrogens with one attached hydrogen (secondary N) is 1. The average Bonchev–Trinajstić information content (AvgIpc) is 3.22. The topological polar surface area (TPSA) is 63.7 Å². The predicted molar refractivity (Wildman–Crippen MR) is 112 cm³/mol. The summed E-state index contributed by atoms with van der Waals surface area (Å²) in [5.41, 5.74) is 1.36. The van der Waals surface area contributed by atoms with Gasteiger partial charge in [0.15, 0.2) is 11.5 Å². The first kappa shape index (κ1) is 20.6.